The maximum absolute atomic E-state index is 12.5. The van der Waals surface area contributed by atoms with Gasteiger partial charge in [-0.25, -0.2) is 0 Å². The molecule has 1 fully saturated rings. The number of likely N-dealkylation sites (N-methyl/N-ethyl adjacent to an activating group) is 1. The predicted molar refractivity (Wildman–Crippen MR) is 95.2 cm³/mol. The highest BCUT2D eigenvalue weighted by molar-refractivity contribution is 5.92. The van der Waals surface area contributed by atoms with E-state index in [4.69, 9.17) is 9.57 Å². The molecule has 3 rings (SSSR count). The first-order valence-corrected chi connectivity index (χ1v) is 8.49. The van der Waals surface area contributed by atoms with Gasteiger partial charge in [0, 0.05) is 31.6 Å². The summed E-state index contributed by atoms with van der Waals surface area (Å²) in [4.78, 5) is 30.7. The zero-order valence-electron chi connectivity index (χ0n) is 15.7. The Balaban J connectivity index is 2.37. The number of rotatable bonds is 4. The average Bonchev–Trinajstić information content (AvgIpc) is 2.97. The van der Waals surface area contributed by atoms with E-state index in [0.29, 0.717) is 41.2 Å². The van der Waals surface area contributed by atoms with E-state index in [1.54, 1.807) is 30.0 Å². The Morgan fingerprint density at radius 1 is 1.38 bits per heavy atom. The number of nitrogens with zero attached hydrogens (tertiary/aromatic N) is 3. The monoisotopic (exact) mass is 361 g/mol. The maximum atomic E-state index is 12.5. The Hall–Kier alpha value is -2.61. The molecule has 0 N–H and O–H groups in total. The van der Waals surface area contributed by atoms with Gasteiger partial charge in [-0.2, -0.15) is 0 Å². The van der Waals surface area contributed by atoms with Gasteiger partial charge >= 0.3 is 0 Å². The van der Waals surface area contributed by atoms with Gasteiger partial charge in [0.15, 0.2) is 0 Å². The molecule has 8 heteroatoms. The molecule has 0 spiro atoms. The molecule has 0 aromatic heterocycles. The van der Waals surface area contributed by atoms with E-state index in [9.17, 15) is 14.9 Å². The summed E-state index contributed by atoms with van der Waals surface area (Å²) in [6.07, 6.45) is 1.20. The van der Waals surface area contributed by atoms with Crippen LogP contribution < -0.4 is 4.74 Å². The molecule has 8 nitrogen and oxygen atoms in total. The highest BCUT2D eigenvalue weighted by atomic mass is 16.7. The third-order valence-electron chi connectivity index (χ3n) is 4.92. The number of hydrogen-bond acceptors (Lipinski definition) is 6. The molecule has 2 aliphatic heterocycles. The summed E-state index contributed by atoms with van der Waals surface area (Å²) in [7, 11) is 3.26. The van der Waals surface area contributed by atoms with Crippen molar-refractivity contribution in [2.45, 2.75) is 39.2 Å². The molecule has 0 radical (unpaired) electrons. The lowest BCUT2D eigenvalue weighted by atomic mass is 9.91. The smallest absolute Gasteiger partial charge is 0.273 e. The Morgan fingerprint density at radius 2 is 2.08 bits per heavy atom. The van der Waals surface area contributed by atoms with Crippen molar-refractivity contribution < 1.29 is 19.3 Å². The third kappa shape index (κ3) is 2.70. The first kappa shape index (κ1) is 18.2. The van der Waals surface area contributed by atoms with Crippen molar-refractivity contribution in [3.05, 3.63) is 39.1 Å². The first-order valence-electron chi connectivity index (χ1n) is 8.49. The number of hydrogen-bond donors (Lipinski definition) is 0. The van der Waals surface area contributed by atoms with E-state index in [2.05, 4.69) is 0 Å². The second-order valence-corrected chi connectivity index (χ2v) is 6.98. The zero-order chi connectivity index (χ0) is 19.2. The van der Waals surface area contributed by atoms with Crippen molar-refractivity contribution in [2.24, 2.45) is 0 Å². The van der Waals surface area contributed by atoms with Crippen LogP contribution in [0.3, 0.4) is 0 Å². The Kier molecular flexibility index (Phi) is 4.39. The van der Waals surface area contributed by atoms with Crippen molar-refractivity contribution in [2.75, 3.05) is 20.7 Å². The summed E-state index contributed by atoms with van der Waals surface area (Å²) in [6, 6.07) is 3.05. The largest absolute Gasteiger partial charge is 0.481 e. The predicted octanol–water partition coefficient (Wildman–Crippen LogP) is 2.86. The number of hydroxylamine groups is 2. The summed E-state index contributed by atoms with van der Waals surface area (Å²) >= 11 is 0. The fourth-order valence-electron chi connectivity index (χ4n) is 3.75. The SMILES string of the molecule is CON(C)C1=C(N2CCCC2=O)c2c(ccc([N+](=O)[O-])c2C)OC1(C)C. The Morgan fingerprint density at radius 3 is 2.62 bits per heavy atom. The van der Waals surface area contributed by atoms with Crippen LogP contribution in [0.2, 0.25) is 0 Å². The fraction of sp³-hybridized carbons (Fsp3) is 0.500. The molecule has 0 aliphatic carbocycles. The lowest BCUT2D eigenvalue weighted by Crippen LogP contribution is -2.45. The number of carbonyl (C=O) groups excluding carboxylic acids is 1. The molecule has 1 amide bonds. The van der Waals surface area contributed by atoms with Gasteiger partial charge in [-0.3, -0.25) is 24.8 Å². The Labute approximate surface area is 152 Å². The number of benzene rings is 1. The van der Waals surface area contributed by atoms with Gasteiger partial charge in [0.2, 0.25) is 5.91 Å². The highest BCUT2D eigenvalue weighted by Gasteiger charge is 2.43. The minimum atomic E-state index is -0.779. The quantitative estimate of drug-likeness (QED) is 0.605. The number of amides is 1. The van der Waals surface area contributed by atoms with Gasteiger partial charge in [-0.1, -0.05) is 0 Å². The number of nitro groups is 1. The van der Waals surface area contributed by atoms with Crippen molar-refractivity contribution >= 4 is 17.3 Å². The molecular formula is C18H23N3O5. The summed E-state index contributed by atoms with van der Waals surface area (Å²) in [5.74, 6) is 0.526. The van der Waals surface area contributed by atoms with E-state index in [-0.39, 0.29) is 11.6 Å². The van der Waals surface area contributed by atoms with Crippen molar-refractivity contribution in [3.63, 3.8) is 0 Å². The molecule has 0 unspecified atom stereocenters. The average molecular weight is 361 g/mol. The molecule has 0 saturated carbocycles. The minimum Gasteiger partial charge on any atom is -0.481 e. The molecule has 1 aromatic carbocycles. The van der Waals surface area contributed by atoms with Crippen LogP contribution in [0.25, 0.3) is 5.70 Å². The summed E-state index contributed by atoms with van der Waals surface area (Å²) in [5, 5.41) is 13.0. The highest BCUT2D eigenvalue weighted by Crippen LogP contribution is 2.47. The van der Waals surface area contributed by atoms with Crippen LogP contribution in [0.4, 0.5) is 5.69 Å². The summed E-state index contributed by atoms with van der Waals surface area (Å²) in [5.41, 5.74) is 1.55. The summed E-state index contributed by atoms with van der Waals surface area (Å²) < 4.78 is 6.16. The zero-order valence-corrected chi connectivity index (χ0v) is 15.7. The molecule has 26 heavy (non-hydrogen) atoms. The van der Waals surface area contributed by atoms with Gasteiger partial charge in [-0.15, -0.1) is 0 Å². The Bertz CT molecular complexity index is 815. The van der Waals surface area contributed by atoms with Crippen molar-refractivity contribution in [1.82, 2.24) is 9.96 Å². The molecule has 2 aliphatic rings. The molecule has 1 saturated heterocycles. The molecule has 1 aromatic rings. The van der Waals surface area contributed by atoms with Gasteiger partial charge in [0.1, 0.15) is 17.0 Å². The van der Waals surface area contributed by atoms with Crippen LogP contribution in [0.15, 0.2) is 17.8 Å². The fourth-order valence-corrected chi connectivity index (χ4v) is 3.75. The van der Waals surface area contributed by atoms with Crippen LogP contribution in [0.5, 0.6) is 5.75 Å². The van der Waals surface area contributed by atoms with E-state index >= 15 is 0 Å². The topological polar surface area (TPSA) is 85.2 Å². The lowest BCUT2D eigenvalue weighted by molar-refractivity contribution is -0.385. The van der Waals surface area contributed by atoms with Crippen molar-refractivity contribution in [1.29, 1.82) is 0 Å². The minimum absolute atomic E-state index is 0.00319. The van der Waals surface area contributed by atoms with E-state index in [0.717, 1.165) is 6.42 Å². The lowest BCUT2D eigenvalue weighted by Gasteiger charge is -2.42. The van der Waals surface area contributed by atoms with Crippen LogP contribution in [-0.4, -0.2) is 47.1 Å². The van der Waals surface area contributed by atoms with Crippen LogP contribution in [0, 0.1) is 17.0 Å². The number of likely N-dealkylation sites (tertiary alicyclic amines) is 1. The van der Waals surface area contributed by atoms with Crippen LogP contribution in [0.1, 0.15) is 37.8 Å². The molecular weight excluding hydrogens is 338 g/mol. The maximum Gasteiger partial charge on any atom is 0.273 e. The third-order valence-corrected chi connectivity index (χ3v) is 4.92. The number of ether oxygens (including phenoxy) is 1. The normalized spacial score (nSPS) is 18.7. The standard InChI is InChI=1S/C18H23N3O5/c1-11-12(21(23)24)8-9-13-15(11)16(20-10-6-7-14(20)22)17(19(4)25-5)18(2,3)26-13/h8-9H,6-7,10H2,1-5H3. The number of fused-ring (bicyclic) bond motifs is 1. The van der Waals surface area contributed by atoms with E-state index in [1.165, 1.54) is 13.2 Å². The molecule has 0 atom stereocenters. The molecule has 0 bridgehead atoms. The van der Waals surface area contributed by atoms with Gasteiger partial charge in [0.25, 0.3) is 5.69 Å². The number of carbonyl (C=O) groups is 1. The van der Waals surface area contributed by atoms with Crippen LogP contribution in [-0.2, 0) is 9.63 Å². The first-order chi connectivity index (χ1) is 12.2. The van der Waals surface area contributed by atoms with Crippen molar-refractivity contribution in [3.8, 4) is 5.75 Å². The van der Waals surface area contributed by atoms with Gasteiger partial charge < -0.3 is 9.64 Å². The van der Waals surface area contributed by atoms with Gasteiger partial charge in [0.05, 0.1) is 23.3 Å². The van der Waals surface area contributed by atoms with E-state index < -0.39 is 10.5 Å². The number of nitro benzene ring substituents is 1. The van der Waals surface area contributed by atoms with Crippen LogP contribution >= 0.6 is 0 Å². The summed E-state index contributed by atoms with van der Waals surface area (Å²) in [6.45, 7) is 6.02. The molecule has 140 valence electrons. The van der Waals surface area contributed by atoms with E-state index in [1.807, 2.05) is 13.8 Å². The second-order valence-electron chi connectivity index (χ2n) is 6.98. The second kappa shape index (κ2) is 6.28. The van der Waals surface area contributed by atoms with Gasteiger partial charge in [-0.05, 0) is 33.3 Å². The molecule has 2 heterocycles.